The van der Waals surface area contributed by atoms with E-state index in [4.69, 9.17) is 0 Å². The molecule has 5 nitrogen and oxygen atoms in total. The number of pyridine rings is 2. The van der Waals surface area contributed by atoms with Gasteiger partial charge in [0.15, 0.2) is 0 Å². The van der Waals surface area contributed by atoms with Crippen LogP contribution in [0.3, 0.4) is 0 Å². The van der Waals surface area contributed by atoms with E-state index in [0.717, 1.165) is 24.8 Å². The second-order valence-corrected chi connectivity index (χ2v) is 5.70. The van der Waals surface area contributed by atoms with Crippen LogP contribution in [0.5, 0.6) is 0 Å². The van der Waals surface area contributed by atoms with Gasteiger partial charge in [0, 0.05) is 32.7 Å². The summed E-state index contributed by atoms with van der Waals surface area (Å²) in [7, 11) is 3.40. The van der Waals surface area contributed by atoms with Crippen molar-refractivity contribution < 1.29 is 4.79 Å². The maximum absolute atomic E-state index is 12.8. The lowest BCUT2D eigenvalue weighted by Crippen LogP contribution is -2.36. The summed E-state index contributed by atoms with van der Waals surface area (Å²) in [6.45, 7) is 2.12. The molecule has 2 heterocycles. The van der Waals surface area contributed by atoms with Crippen LogP contribution in [0, 0.1) is 0 Å². The van der Waals surface area contributed by atoms with Gasteiger partial charge >= 0.3 is 0 Å². The Hall–Kier alpha value is -2.43. The molecule has 1 atom stereocenters. The Morgan fingerprint density at radius 2 is 2.13 bits per heavy atom. The van der Waals surface area contributed by atoms with Gasteiger partial charge in [0.1, 0.15) is 5.56 Å². The highest BCUT2D eigenvalue weighted by atomic mass is 16.2. The zero-order chi connectivity index (χ0) is 16.8. The fourth-order valence-electron chi connectivity index (χ4n) is 2.65. The molecule has 0 aromatic carbocycles. The van der Waals surface area contributed by atoms with Gasteiger partial charge in [-0.1, -0.05) is 25.8 Å². The van der Waals surface area contributed by atoms with E-state index in [2.05, 4.69) is 11.9 Å². The lowest BCUT2D eigenvalue weighted by molar-refractivity contribution is 0.0717. The lowest BCUT2D eigenvalue weighted by atomic mass is 10.0. The molecule has 0 bridgehead atoms. The molecule has 0 saturated heterocycles. The number of nitrogens with zero attached hydrogens (tertiary/aromatic N) is 3. The van der Waals surface area contributed by atoms with Crippen LogP contribution in [0.25, 0.3) is 0 Å². The highest BCUT2D eigenvalue weighted by Gasteiger charge is 2.24. The molecule has 0 aliphatic rings. The Kier molecular flexibility index (Phi) is 5.68. The molecule has 0 spiro atoms. The number of amides is 1. The monoisotopic (exact) mass is 313 g/mol. The average Bonchev–Trinajstić information content (AvgIpc) is 2.58. The summed E-state index contributed by atoms with van der Waals surface area (Å²) in [5.41, 5.74) is 0.914. The summed E-state index contributed by atoms with van der Waals surface area (Å²) in [6, 6.07) is 7.06. The molecule has 2 aromatic heterocycles. The maximum Gasteiger partial charge on any atom is 0.263 e. The molecule has 0 aliphatic heterocycles. The van der Waals surface area contributed by atoms with Crippen molar-refractivity contribution in [2.24, 2.45) is 7.05 Å². The van der Waals surface area contributed by atoms with Crippen LogP contribution < -0.4 is 5.56 Å². The molecule has 122 valence electrons. The highest BCUT2D eigenvalue weighted by molar-refractivity contribution is 5.93. The van der Waals surface area contributed by atoms with Crippen LogP contribution in [0.2, 0.25) is 0 Å². The van der Waals surface area contributed by atoms with Gasteiger partial charge in [-0.15, -0.1) is 0 Å². The molecule has 2 rings (SSSR count). The molecular formula is C18H23N3O2. The molecule has 0 N–H and O–H groups in total. The van der Waals surface area contributed by atoms with Gasteiger partial charge in [0.05, 0.1) is 6.04 Å². The summed E-state index contributed by atoms with van der Waals surface area (Å²) in [5, 5.41) is 0. The minimum Gasteiger partial charge on any atom is -0.334 e. The van der Waals surface area contributed by atoms with Crippen LogP contribution in [-0.2, 0) is 7.05 Å². The van der Waals surface area contributed by atoms with Crippen LogP contribution in [-0.4, -0.2) is 27.4 Å². The smallest absolute Gasteiger partial charge is 0.263 e. The van der Waals surface area contributed by atoms with E-state index in [1.165, 1.54) is 4.57 Å². The summed E-state index contributed by atoms with van der Waals surface area (Å²) in [4.78, 5) is 30.8. The van der Waals surface area contributed by atoms with Crippen LogP contribution in [0.4, 0.5) is 0 Å². The van der Waals surface area contributed by atoms with Crippen molar-refractivity contribution in [3.8, 4) is 0 Å². The van der Waals surface area contributed by atoms with Crippen molar-refractivity contribution in [2.45, 2.75) is 32.2 Å². The number of carbonyl (C=O) groups excluding carboxylic acids is 1. The SMILES string of the molecule is CCCC[C@@H](c1cccnc1)N(C)C(=O)c1cccn(C)c1=O. The number of hydrogen-bond donors (Lipinski definition) is 0. The highest BCUT2D eigenvalue weighted by Crippen LogP contribution is 2.25. The predicted octanol–water partition coefficient (Wildman–Crippen LogP) is 2.78. The fourth-order valence-corrected chi connectivity index (χ4v) is 2.65. The Labute approximate surface area is 136 Å². The minimum absolute atomic E-state index is 0.0823. The van der Waals surface area contributed by atoms with Gasteiger partial charge in [-0.2, -0.15) is 0 Å². The minimum atomic E-state index is -0.273. The Balaban J connectivity index is 2.33. The number of carbonyl (C=O) groups is 1. The molecule has 5 heteroatoms. The first kappa shape index (κ1) is 16.9. The van der Waals surface area contributed by atoms with Crippen molar-refractivity contribution in [2.75, 3.05) is 7.05 Å². The third kappa shape index (κ3) is 3.86. The number of hydrogen-bond acceptors (Lipinski definition) is 3. The van der Waals surface area contributed by atoms with E-state index in [9.17, 15) is 9.59 Å². The van der Waals surface area contributed by atoms with E-state index < -0.39 is 0 Å². The lowest BCUT2D eigenvalue weighted by Gasteiger charge is -2.28. The normalized spacial score (nSPS) is 12.0. The first-order chi connectivity index (χ1) is 11.1. The van der Waals surface area contributed by atoms with E-state index in [1.54, 1.807) is 49.7 Å². The standard InChI is InChI=1S/C18H23N3O2/c1-4-5-10-16(14-8-6-11-19-13-14)21(3)18(23)15-9-7-12-20(2)17(15)22/h6-9,11-13,16H,4-5,10H2,1-3H3/t16-/m0/s1. The second-order valence-electron chi connectivity index (χ2n) is 5.70. The molecule has 0 fully saturated rings. The Morgan fingerprint density at radius 3 is 2.78 bits per heavy atom. The molecule has 23 heavy (non-hydrogen) atoms. The third-order valence-electron chi connectivity index (χ3n) is 4.04. The van der Waals surface area contributed by atoms with Gasteiger partial charge in [0.25, 0.3) is 11.5 Å². The van der Waals surface area contributed by atoms with Gasteiger partial charge < -0.3 is 9.47 Å². The average molecular weight is 313 g/mol. The number of rotatable bonds is 6. The summed E-state index contributed by atoms with van der Waals surface area (Å²) in [6.07, 6.45) is 8.05. The summed E-state index contributed by atoms with van der Waals surface area (Å²) >= 11 is 0. The van der Waals surface area contributed by atoms with E-state index in [1.807, 2.05) is 12.1 Å². The van der Waals surface area contributed by atoms with Crippen molar-refractivity contribution in [3.63, 3.8) is 0 Å². The van der Waals surface area contributed by atoms with Crippen molar-refractivity contribution in [1.29, 1.82) is 0 Å². The van der Waals surface area contributed by atoms with Crippen molar-refractivity contribution >= 4 is 5.91 Å². The van der Waals surface area contributed by atoms with Crippen LogP contribution in [0.1, 0.15) is 48.1 Å². The van der Waals surface area contributed by atoms with Gasteiger partial charge in [-0.05, 0) is 30.2 Å². The number of aromatic nitrogens is 2. The second kappa shape index (κ2) is 7.72. The predicted molar refractivity (Wildman–Crippen MR) is 90.3 cm³/mol. The number of unbranched alkanes of at least 4 members (excludes halogenated alkanes) is 1. The number of aryl methyl sites for hydroxylation is 1. The Morgan fingerprint density at radius 1 is 1.35 bits per heavy atom. The molecule has 0 radical (unpaired) electrons. The fraction of sp³-hybridized carbons (Fsp3) is 0.389. The van der Waals surface area contributed by atoms with Gasteiger partial charge in [-0.3, -0.25) is 14.6 Å². The molecule has 1 amide bonds. The summed E-state index contributed by atoms with van der Waals surface area (Å²) in [5.74, 6) is -0.254. The molecule has 0 aliphatic carbocycles. The maximum atomic E-state index is 12.8. The van der Waals surface area contributed by atoms with E-state index in [0.29, 0.717) is 0 Å². The van der Waals surface area contributed by atoms with Gasteiger partial charge in [0.2, 0.25) is 0 Å². The topological polar surface area (TPSA) is 55.2 Å². The van der Waals surface area contributed by atoms with E-state index in [-0.39, 0.29) is 23.1 Å². The van der Waals surface area contributed by atoms with Crippen LogP contribution >= 0.6 is 0 Å². The van der Waals surface area contributed by atoms with Crippen molar-refractivity contribution in [1.82, 2.24) is 14.5 Å². The molecule has 0 saturated carbocycles. The largest absolute Gasteiger partial charge is 0.334 e. The molecule has 0 unspecified atom stereocenters. The molecule has 2 aromatic rings. The van der Waals surface area contributed by atoms with E-state index >= 15 is 0 Å². The Bertz CT molecular complexity index is 710. The first-order valence-electron chi connectivity index (χ1n) is 7.89. The van der Waals surface area contributed by atoms with Crippen molar-refractivity contribution in [3.05, 3.63) is 64.3 Å². The zero-order valence-corrected chi connectivity index (χ0v) is 13.9. The van der Waals surface area contributed by atoms with Gasteiger partial charge in [-0.25, -0.2) is 0 Å². The quantitative estimate of drug-likeness (QED) is 0.824. The third-order valence-corrected chi connectivity index (χ3v) is 4.04. The zero-order valence-electron chi connectivity index (χ0n) is 13.9. The van der Waals surface area contributed by atoms with Crippen LogP contribution in [0.15, 0.2) is 47.7 Å². The molecular weight excluding hydrogens is 290 g/mol. The summed E-state index contributed by atoms with van der Waals surface area (Å²) < 4.78 is 1.42. The first-order valence-corrected chi connectivity index (χ1v) is 7.89.